The molecule has 4 heterocycles. The molecule has 1 aliphatic heterocycles. The Morgan fingerprint density at radius 3 is 2.63 bits per heavy atom. The van der Waals surface area contributed by atoms with Crippen molar-refractivity contribution in [1.82, 2.24) is 25.4 Å². The normalized spacial score (nSPS) is 19.4. The number of hydrogen-bond acceptors (Lipinski definition) is 7. The van der Waals surface area contributed by atoms with Crippen LogP contribution in [0.5, 0.6) is 0 Å². The molecule has 7 nitrogen and oxygen atoms in total. The molecule has 3 aromatic rings. The van der Waals surface area contributed by atoms with Gasteiger partial charge in [-0.15, -0.1) is 0 Å². The van der Waals surface area contributed by atoms with Crippen LogP contribution < -0.4 is 10.6 Å². The van der Waals surface area contributed by atoms with Crippen LogP contribution in [0.2, 0.25) is 0 Å². The summed E-state index contributed by atoms with van der Waals surface area (Å²) in [5.74, 6) is 0.835. The molecule has 3 aromatic heterocycles. The predicted molar refractivity (Wildman–Crippen MR) is 126 cm³/mol. The van der Waals surface area contributed by atoms with E-state index < -0.39 is 11.7 Å². The van der Waals surface area contributed by atoms with Gasteiger partial charge in [0, 0.05) is 41.9 Å². The van der Waals surface area contributed by atoms with Crippen LogP contribution in [0.3, 0.4) is 0 Å². The number of nitrogens with zero attached hydrogens (tertiary/aromatic N) is 4. The minimum atomic E-state index is -4.59. The van der Waals surface area contributed by atoms with Crippen LogP contribution in [0.25, 0.3) is 16.8 Å². The van der Waals surface area contributed by atoms with Crippen LogP contribution in [0.4, 0.5) is 19.1 Å². The van der Waals surface area contributed by atoms with Gasteiger partial charge in [-0.2, -0.15) is 13.2 Å². The van der Waals surface area contributed by atoms with E-state index in [9.17, 15) is 13.2 Å². The molecule has 10 heteroatoms. The Bertz CT molecular complexity index is 1280. The number of rotatable bonds is 4. The number of hydrogen-bond donors (Lipinski definition) is 2. The Hall–Kier alpha value is -3.27. The van der Waals surface area contributed by atoms with E-state index in [1.165, 1.54) is 0 Å². The van der Waals surface area contributed by atoms with E-state index in [-0.39, 0.29) is 23.2 Å². The van der Waals surface area contributed by atoms with Gasteiger partial charge in [-0.25, -0.2) is 9.97 Å². The lowest BCUT2D eigenvalue weighted by Crippen LogP contribution is -2.50. The second-order valence-electron chi connectivity index (χ2n) is 9.81. The lowest BCUT2D eigenvalue weighted by molar-refractivity contribution is -0.138. The number of allylic oxidation sites excluding steroid dienone is 1. The van der Waals surface area contributed by atoms with E-state index >= 15 is 0 Å². The van der Waals surface area contributed by atoms with Crippen LogP contribution in [0.1, 0.15) is 60.7 Å². The summed E-state index contributed by atoms with van der Waals surface area (Å²) in [4.78, 5) is 13.1. The molecule has 0 bridgehead atoms. The van der Waals surface area contributed by atoms with Crippen LogP contribution in [-0.2, 0) is 12.6 Å². The minimum absolute atomic E-state index is 0.0386. The zero-order chi connectivity index (χ0) is 25.0. The number of fused-ring (bicyclic) bond motifs is 1. The van der Waals surface area contributed by atoms with Crippen molar-refractivity contribution < 1.29 is 17.7 Å². The van der Waals surface area contributed by atoms with Crippen LogP contribution in [0.15, 0.2) is 28.9 Å². The highest BCUT2D eigenvalue weighted by atomic mass is 19.4. The van der Waals surface area contributed by atoms with Crippen molar-refractivity contribution in [1.29, 1.82) is 0 Å². The van der Waals surface area contributed by atoms with Gasteiger partial charge in [-0.1, -0.05) is 17.3 Å². The Kier molecular flexibility index (Phi) is 5.66. The predicted octanol–water partition coefficient (Wildman–Crippen LogP) is 5.09. The summed E-state index contributed by atoms with van der Waals surface area (Å²) in [6, 6.07) is 3.62. The highest BCUT2D eigenvalue weighted by Crippen LogP contribution is 2.40. The molecule has 0 radical (unpaired) electrons. The molecule has 0 spiro atoms. The van der Waals surface area contributed by atoms with Gasteiger partial charge in [-0.05, 0) is 46.6 Å². The molecule has 2 N–H and O–H groups in total. The van der Waals surface area contributed by atoms with Gasteiger partial charge in [-0.3, -0.25) is 4.98 Å². The maximum Gasteiger partial charge on any atom is 0.419 e. The summed E-state index contributed by atoms with van der Waals surface area (Å²) in [6.07, 6.45) is 0.261. The van der Waals surface area contributed by atoms with E-state index in [1.54, 1.807) is 18.2 Å². The maximum absolute atomic E-state index is 13.9. The number of anilines is 1. The molecule has 0 amide bonds. The third-order valence-electron chi connectivity index (χ3n) is 6.68. The number of piperidine rings is 1. The lowest BCUT2D eigenvalue weighted by Gasteiger charge is -2.36. The highest BCUT2D eigenvalue weighted by Gasteiger charge is 2.37. The maximum atomic E-state index is 13.9. The first kappa shape index (κ1) is 23.5. The molecule has 5 rings (SSSR count). The number of aryl methyl sites for hydroxylation is 2. The van der Waals surface area contributed by atoms with E-state index in [0.717, 1.165) is 24.6 Å². The van der Waals surface area contributed by atoms with Crippen molar-refractivity contribution >= 4 is 11.5 Å². The summed E-state index contributed by atoms with van der Waals surface area (Å²) in [6.45, 7) is 8.59. The van der Waals surface area contributed by atoms with Gasteiger partial charge >= 0.3 is 6.18 Å². The van der Waals surface area contributed by atoms with Gasteiger partial charge in [0.1, 0.15) is 11.3 Å². The van der Waals surface area contributed by atoms with E-state index in [1.807, 2.05) is 13.8 Å². The van der Waals surface area contributed by atoms with Crippen LogP contribution in [-0.4, -0.2) is 38.2 Å². The number of halogens is 3. The fraction of sp³-hybridized carbons (Fsp3) is 0.440. The molecule has 0 unspecified atom stereocenters. The van der Waals surface area contributed by atoms with Crippen molar-refractivity contribution in [3.63, 3.8) is 0 Å². The Labute approximate surface area is 201 Å². The molecule has 0 aromatic carbocycles. The first-order valence-corrected chi connectivity index (χ1v) is 11.6. The Morgan fingerprint density at radius 1 is 1.17 bits per heavy atom. The minimum Gasteiger partial charge on any atom is -0.361 e. The molecule has 184 valence electrons. The number of alkyl halides is 3. The van der Waals surface area contributed by atoms with Crippen molar-refractivity contribution in [2.24, 2.45) is 0 Å². The summed E-state index contributed by atoms with van der Waals surface area (Å²) in [5, 5.41) is 10.6. The van der Waals surface area contributed by atoms with Crippen molar-refractivity contribution in [2.75, 3.05) is 11.9 Å². The van der Waals surface area contributed by atoms with E-state index in [4.69, 9.17) is 9.51 Å². The van der Waals surface area contributed by atoms with Gasteiger partial charge in [0.25, 0.3) is 0 Å². The Balaban J connectivity index is 1.48. The lowest BCUT2D eigenvalue weighted by atomic mass is 9.91. The number of pyridine rings is 1. The molecule has 0 saturated carbocycles. The summed E-state index contributed by atoms with van der Waals surface area (Å²) < 4.78 is 47.0. The van der Waals surface area contributed by atoms with Gasteiger partial charge in [0.05, 0.1) is 28.3 Å². The van der Waals surface area contributed by atoms with Crippen LogP contribution in [0, 0.1) is 13.8 Å². The van der Waals surface area contributed by atoms with Gasteiger partial charge in [0.2, 0.25) is 5.95 Å². The second kappa shape index (κ2) is 8.44. The third-order valence-corrected chi connectivity index (χ3v) is 6.68. The summed E-state index contributed by atoms with van der Waals surface area (Å²) in [5.41, 5.74) is 2.99. The molecule has 1 fully saturated rings. The quantitative estimate of drug-likeness (QED) is 0.533. The molecule has 1 aliphatic carbocycles. The average molecular weight is 485 g/mol. The zero-order valence-corrected chi connectivity index (χ0v) is 20.0. The monoisotopic (exact) mass is 484 g/mol. The standard InChI is InChI=1S/C25H27F3N6O/c1-13-21(14(2)35-34-13)20-8-5-16-17(6-7-19(16)32-20)22-18(25(26,27)28)12-29-23(33-22)31-15-9-10-24(3,4)30-11-15/h5-6,8,12,15,30H,7,9-11H2,1-4H3,(H,29,31,33)/t15-/m0/s1. The van der Waals surface area contributed by atoms with Crippen molar-refractivity contribution in [3.8, 4) is 11.3 Å². The Morgan fingerprint density at radius 2 is 1.97 bits per heavy atom. The fourth-order valence-corrected chi connectivity index (χ4v) is 4.72. The smallest absolute Gasteiger partial charge is 0.361 e. The summed E-state index contributed by atoms with van der Waals surface area (Å²) >= 11 is 0. The highest BCUT2D eigenvalue weighted by molar-refractivity contribution is 5.85. The van der Waals surface area contributed by atoms with Crippen LogP contribution >= 0.6 is 0 Å². The topological polar surface area (TPSA) is 88.8 Å². The molecular weight excluding hydrogens is 457 g/mol. The SMILES string of the molecule is Cc1noc(C)c1-c1ccc2c(n1)CC=C2c1nc(N[C@H]2CCC(C)(C)NC2)ncc1C(F)(F)F. The molecule has 1 saturated heterocycles. The first-order chi connectivity index (χ1) is 16.5. The fourth-order valence-electron chi connectivity index (χ4n) is 4.72. The number of nitrogens with one attached hydrogen (secondary N) is 2. The van der Waals surface area contributed by atoms with Gasteiger partial charge in [0.15, 0.2) is 0 Å². The van der Waals surface area contributed by atoms with Crippen molar-refractivity contribution in [3.05, 3.63) is 58.4 Å². The summed E-state index contributed by atoms with van der Waals surface area (Å²) in [7, 11) is 0. The van der Waals surface area contributed by atoms with E-state index in [0.29, 0.717) is 46.9 Å². The van der Waals surface area contributed by atoms with E-state index in [2.05, 4.69) is 39.6 Å². The largest absolute Gasteiger partial charge is 0.419 e. The third kappa shape index (κ3) is 4.54. The molecule has 2 aliphatic rings. The zero-order valence-electron chi connectivity index (χ0n) is 20.0. The molecule has 1 atom stereocenters. The molecule has 35 heavy (non-hydrogen) atoms. The first-order valence-electron chi connectivity index (χ1n) is 11.6. The average Bonchev–Trinajstić information content (AvgIpc) is 3.36. The molecular formula is C25H27F3N6O. The number of aromatic nitrogens is 4. The second-order valence-corrected chi connectivity index (χ2v) is 9.81. The van der Waals surface area contributed by atoms with Gasteiger partial charge < -0.3 is 15.2 Å². The van der Waals surface area contributed by atoms with Crippen molar-refractivity contribution in [2.45, 2.75) is 64.7 Å².